The van der Waals surface area contributed by atoms with Crippen molar-refractivity contribution in [3.8, 4) is 0 Å². The number of aliphatic imine (C=N–C) groups is 1. The maximum Gasteiger partial charge on any atom is 0.193 e. The van der Waals surface area contributed by atoms with Crippen molar-refractivity contribution in [2.75, 3.05) is 20.6 Å². The quantitative estimate of drug-likeness (QED) is 0.339. The highest BCUT2D eigenvalue weighted by molar-refractivity contribution is 14.0. The lowest BCUT2D eigenvalue weighted by Gasteiger charge is -2.22. The predicted octanol–water partition coefficient (Wildman–Crippen LogP) is 4.24. The summed E-state index contributed by atoms with van der Waals surface area (Å²) in [6.07, 6.45) is 2.97. The Balaban J connectivity index is 0.00000312. The molecule has 8 heteroatoms. The summed E-state index contributed by atoms with van der Waals surface area (Å²) in [6.45, 7) is 5.99. The molecule has 0 aromatic carbocycles. The van der Waals surface area contributed by atoms with E-state index in [4.69, 9.17) is 0 Å². The van der Waals surface area contributed by atoms with Crippen LogP contribution >= 0.6 is 51.2 Å². The van der Waals surface area contributed by atoms with Crippen molar-refractivity contribution < 1.29 is 0 Å². The van der Waals surface area contributed by atoms with E-state index in [9.17, 15) is 0 Å². The number of halogens is 2. The minimum Gasteiger partial charge on any atom is -0.356 e. The molecule has 5 nitrogen and oxygen atoms in total. The molecule has 2 rings (SSSR count). The van der Waals surface area contributed by atoms with E-state index >= 15 is 0 Å². The van der Waals surface area contributed by atoms with Crippen LogP contribution < -0.4 is 5.32 Å². The Labute approximate surface area is 180 Å². The van der Waals surface area contributed by atoms with Crippen LogP contribution in [0.2, 0.25) is 0 Å². The summed E-state index contributed by atoms with van der Waals surface area (Å²) in [5.41, 5.74) is 2.38. The molecule has 0 aliphatic rings. The average molecular weight is 540 g/mol. The van der Waals surface area contributed by atoms with Gasteiger partial charge in [0, 0.05) is 61.8 Å². The number of nitrogens with one attached hydrogen (secondary N) is 1. The summed E-state index contributed by atoms with van der Waals surface area (Å²) in [5, 5.41) is 6.79. The van der Waals surface area contributed by atoms with Gasteiger partial charge in [0.1, 0.15) is 0 Å². The lowest BCUT2D eigenvalue weighted by atomic mass is 10.2. The summed E-state index contributed by atoms with van der Waals surface area (Å²) in [5.74, 6) is 1.40. The zero-order chi connectivity index (χ0) is 17.7. The van der Waals surface area contributed by atoms with Gasteiger partial charge in [0.15, 0.2) is 5.96 Å². The van der Waals surface area contributed by atoms with Crippen molar-refractivity contribution in [3.05, 3.63) is 38.5 Å². The standard InChI is InChI=1S/C17H26BrN5S.HI/c1-12(2)16-21-14(11-24-16)6-7-20-17(19-3)23(5)10-15-8-13(18)9-22(15)4;/h8-9,11-12H,6-7,10H2,1-5H3,(H,19,20);1H. The fourth-order valence-electron chi connectivity index (χ4n) is 2.43. The molecule has 1 N–H and O–H groups in total. The van der Waals surface area contributed by atoms with Crippen molar-refractivity contribution >= 4 is 57.2 Å². The van der Waals surface area contributed by atoms with Crippen molar-refractivity contribution in [1.82, 2.24) is 19.8 Å². The van der Waals surface area contributed by atoms with E-state index < -0.39 is 0 Å². The molecule has 0 unspecified atom stereocenters. The molecule has 0 bridgehead atoms. The third-order valence-corrected chi connectivity index (χ3v) is 5.40. The largest absolute Gasteiger partial charge is 0.356 e. The summed E-state index contributed by atoms with van der Waals surface area (Å²) < 4.78 is 3.22. The molecule has 0 aliphatic heterocycles. The summed E-state index contributed by atoms with van der Waals surface area (Å²) in [6, 6.07) is 2.13. The third-order valence-electron chi connectivity index (χ3n) is 3.77. The van der Waals surface area contributed by atoms with Crippen LogP contribution in [0.4, 0.5) is 0 Å². The second-order valence-corrected chi connectivity index (χ2v) is 7.98. The van der Waals surface area contributed by atoms with Crippen molar-refractivity contribution in [1.29, 1.82) is 0 Å². The fourth-order valence-corrected chi connectivity index (χ4v) is 3.87. The maximum atomic E-state index is 4.68. The van der Waals surface area contributed by atoms with E-state index in [-0.39, 0.29) is 24.0 Å². The van der Waals surface area contributed by atoms with Gasteiger partial charge in [-0.15, -0.1) is 35.3 Å². The second kappa shape index (κ2) is 10.5. The van der Waals surface area contributed by atoms with Crippen molar-refractivity contribution in [2.24, 2.45) is 12.0 Å². The first-order valence-electron chi connectivity index (χ1n) is 8.07. The summed E-state index contributed by atoms with van der Waals surface area (Å²) in [4.78, 5) is 11.2. The van der Waals surface area contributed by atoms with E-state index in [2.05, 4.69) is 86.3 Å². The van der Waals surface area contributed by atoms with Gasteiger partial charge in [0.25, 0.3) is 0 Å². The van der Waals surface area contributed by atoms with Crippen LogP contribution in [0.3, 0.4) is 0 Å². The van der Waals surface area contributed by atoms with Gasteiger partial charge in [-0.2, -0.15) is 0 Å². The van der Waals surface area contributed by atoms with Crippen LogP contribution in [0.5, 0.6) is 0 Å². The highest BCUT2D eigenvalue weighted by Crippen LogP contribution is 2.19. The van der Waals surface area contributed by atoms with E-state index in [1.807, 2.05) is 7.05 Å². The van der Waals surface area contributed by atoms with Crippen LogP contribution in [0, 0.1) is 0 Å². The molecule has 25 heavy (non-hydrogen) atoms. The second-order valence-electron chi connectivity index (χ2n) is 6.17. The molecule has 0 saturated heterocycles. The monoisotopic (exact) mass is 539 g/mol. The highest BCUT2D eigenvalue weighted by atomic mass is 127. The molecule has 0 spiro atoms. The Kier molecular flexibility index (Phi) is 9.44. The Hall–Kier alpha value is -0.610. The molecule has 0 atom stereocenters. The van der Waals surface area contributed by atoms with Crippen LogP contribution in [-0.2, 0) is 20.0 Å². The normalized spacial score (nSPS) is 11.6. The predicted molar refractivity (Wildman–Crippen MR) is 121 cm³/mol. The molecule has 0 amide bonds. The lowest BCUT2D eigenvalue weighted by Crippen LogP contribution is -2.39. The van der Waals surface area contributed by atoms with Crippen LogP contribution in [-0.4, -0.2) is 41.1 Å². The van der Waals surface area contributed by atoms with Gasteiger partial charge >= 0.3 is 0 Å². The SMILES string of the molecule is CN=C(NCCc1csc(C(C)C)n1)N(C)Cc1cc(Br)cn1C.I. The first kappa shape index (κ1) is 22.4. The molecular weight excluding hydrogens is 513 g/mol. The minimum absolute atomic E-state index is 0. The lowest BCUT2D eigenvalue weighted by molar-refractivity contribution is 0.462. The first-order valence-corrected chi connectivity index (χ1v) is 9.74. The van der Waals surface area contributed by atoms with Crippen LogP contribution in [0.1, 0.15) is 36.2 Å². The Morgan fingerprint density at radius 2 is 2.20 bits per heavy atom. The molecule has 2 aromatic rings. The van der Waals surface area contributed by atoms with Gasteiger partial charge < -0.3 is 14.8 Å². The third kappa shape index (κ3) is 6.56. The van der Waals surface area contributed by atoms with Gasteiger partial charge in [-0.05, 0) is 22.0 Å². The van der Waals surface area contributed by atoms with E-state index in [0.717, 1.165) is 35.6 Å². The smallest absolute Gasteiger partial charge is 0.193 e. The molecule has 2 heterocycles. The maximum absolute atomic E-state index is 4.68. The molecule has 0 fully saturated rings. The number of hydrogen-bond donors (Lipinski definition) is 1. The van der Waals surface area contributed by atoms with Crippen molar-refractivity contribution in [3.63, 3.8) is 0 Å². The summed E-state index contributed by atoms with van der Waals surface area (Å²) in [7, 11) is 5.92. The van der Waals surface area contributed by atoms with Gasteiger partial charge in [-0.25, -0.2) is 4.98 Å². The van der Waals surface area contributed by atoms with Crippen LogP contribution in [0.15, 0.2) is 27.1 Å². The number of aromatic nitrogens is 2. The zero-order valence-electron chi connectivity index (χ0n) is 15.4. The molecule has 0 saturated carbocycles. The van der Waals surface area contributed by atoms with E-state index in [1.165, 1.54) is 10.7 Å². The van der Waals surface area contributed by atoms with E-state index in [0.29, 0.717) is 5.92 Å². The fraction of sp³-hybridized carbons (Fsp3) is 0.529. The number of guanidine groups is 1. The molecular formula is C17H27BrIN5S. The topological polar surface area (TPSA) is 45.5 Å². The van der Waals surface area contributed by atoms with Crippen LogP contribution in [0.25, 0.3) is 0 Å². The molecule has 0 radical (unpaired) electrons. The number of aryl methyl sites for hydroxylation is 1. The number of rotatable bonds is 6. The van der Waals surface area contributed by atoms with E-state index in [1.54, 1.807) is 11.3 Å². The summed E-state index contributed by atoms with van der Waals surface area (Å²) >= 11 is 5.26. The number of thiazole rings is 1. The van der Waals surface area contributed by atoms with Gasteiger partial charge in [-0.1, -0.05) is 13.8 Å². The first-order chi connectivity index (χ1) is 11.4. The average Bonchev–Trinajstić information content (AvgIpc) is 3.10. The molecule has 0 aliphatic carbocycles. The Morgan fingerprint density at radius 1 is 1.48 bits per heavy atom. The molecule has 2 aromatic heterocycles. The number of nitrogens with zero attached hydrogens (tertiary/aromatic N) is 4. The molecule has 140 valence electrons. The Morgan fingerprint density at radius 3 is 2.72 bits per heavy atom. The Bertz CT molecular complexity index is 695. The minimum atomic E-state index is 0. The zero-order valence-corrected chi connectivity index (χ0v) is 20.1. The number of hydrogen-bond acceptors (Lipinski definition) is 3. The van der Waals surface area contributed by atoms with Crippen molar-refractivity contribution in [2.45, 2.75) is 32.7 Å². The van der Waals surface area contributed by atoms with Gasteiger partial charge in [0.2, 0.25) is 0 Å². The van der Waals surface area contributed by atoms with Gasteiger partial charge in [0.05, 0.1) is 17.2 Å². The van der Waals surface area contributed by atoms with Gasteiger partial charge in [-0.3, -0.25) is 4.99 Å². The highest BCUT2D eigenvalue weighted by Gasteiger charge is 2.10.